The number of fused-ring (bicyclic) bond motifs is 1. The molecule has 3 aromatic carbocycles. The van der Waals surface area contributed by atoms with Gasteiger partial charge in [0.2, 0.25) is 5.95 Å². The average molecular weight is 422 g/mol. The molecule has 0 fully saturated rings. The van der Waals surface area contributed by atoms with Gasteiger partial charge in [-0.3, -0.25) is 10.1 Å². The number of hydrogen-bond acceptors (Lipinski definition) is 4. The number of carbonyl (C=O) groups excluding carboxylic acids is 1. The van der Waals surface area contributed by atoms with Crippen molar-refractivity contribution in [2.75, 3.05) is 19.0 Å². The fourth-order valence-corrected chi connectivity index (χ4v) is 3.36. The maximum Gasteiger partial charge on any atom is 0.259 e. The van der Waals surface area contributed by atoms with E-state index in [2.05, 4.69) is 10.3 Å². The van der Waals surface area contributed by atoms with Crippen LogP contribution >= 0.6 is 11.6 Å². The van der Waals surface area contributed by atoms with Crippen molar-refractivity contribution >= 4 is 34.5 Å². The molecule has 0 saturated heterocycles. The molecule has 0 spiro atoms. The minimum atomic E-state index is -0.312. The van der Waals surface area contributed by atoms with Crippen LogP contribution < -0.4 is 14.8 Å². The number of rotatable bonds is 7. The smallest absolute Gasteiger partial charge is 0.259 e. The van der Waals surface area contributed by atoms with E-state index in [0.717, 1.165) is 22.5 Å². The molecule has 30 heavy (non-hydrogen) atoms. The predicted octanol–water partition coefficient (Wildman–Crippen LogP) is 5.03. The summed E-state index contributed by atoms with van der Waals surface area (Å²) >= 11 is 6.16. The van der Waals surface area contributed by atoms with E-state index in [1.54, 1.807) is 31.4 Å². The summed E-state index contributed by atoms with van der Waals surface area (Å²) < 4.78 is 12.9. The molecular weight excluding hydrogens is 402 g/mol. The molecular formula is C23H20ClN3O3. The molecule has 1 amide bonds. The Hall–Kier alpha value is -3.51. The third-order valence-electron chi connectivity index (χ3n) is 4.64. The molecule has 0 aliphatic rings. The standard InChI is InChI=1S/C23H20ClN3O3/c1-29-16-10-12-17(13-11-16)30-15-14-27-21-9-5-4-8-20(21)25-23(27)26-22(28)18-6-2-3-7-19(18)24/h2-13H,14-15H2,1H3,(H,25,26,28). The minimum absolute atomic E-state index is 0.312. The molecule has 6 nitrogen and oxygen atoms in total. The molecule has 0 aliphatic carbocycles. The number of aromatic nitrogens is 2. The van der Waals surface area contributed by atoms with Gasteiger partial charge in [0.05, 0.1) is 35.3 Å². The van der Waals surface area contributed by atoms with Crippen molar-refractivity contribution in [1.82, 2.24) is 9.55 Å². The quantitative estimate of drug-likeness (QED) is 0.454. The lowest BCUT2D eigenvalue weighted by molar-refractivity contribution is 0.102. The van der Waals surface area contributed by atoms with Gasteiger partial charge in [0.1, 0.15) is 18.1 Å². The van der Waals surface area contributed by atoms with Gasteiger partial charge in [-0.05, 0) is 48.5 Å². The summed E-state index contributed by atoms with van der Waals surface area (Å²) in [4.78, 5) is 17.3. The highest BCUT2D eigenvalue weighted by molar-refractivity contribution is 6.34. The van der Waals surface area contributed by atoms with Crippen LogP contribution in [0.5, 0.6) is 11.5 Å². The van der Waals surface area contributed by atoms with Crippen molar-refractivity contribution in [1.29, 1.82) is 0 Å². The van der Waals surface area contributed by atoms with E-state index in [4.69, 9.17) is 21.1 Å². The lowest BCUT2D eigenvalue weighted by Crippen LogP contribution is -2.18. The van der Waals surface area contributed by atoms with Gasteiger partial charge in [0, 0.05) is 0 Å². The van der Waals surface area contributed by atoms with E-state index in [9.17, 15) is 4.79 Å². The Bertz CT molecular complexity index is 1170. The Morgan fingerprint density at radius 1 is 1.00 bits per heavy atom. The average Bonchev–Trinajstić information content (AvgIpc) is 3.11. The topological polar surface area (TPSA) is 65.4 Å². The molecule has 4 aromatic rings. The maximum atomic E-state index is 12.7. The first-order valence-electron chi connectivity index (χ1n) is 9.44. The van der Waals surface area contributed by atoms with Gasteiger partial charge in [0.25, 0.3) is 5.91 Å². The van der Waals surface area contributed by atoms with Gasteiger partial charge in [-0.25, -0.2) is 4.98 Å². The number of anilines is 1. The zero-order chi connectivity index (χ0) is 20.9. The monoisotopic (exact) mass is 421 g/mol. The number of nitrogens with one attached hydrogen (secondary N) is 1. The summed E-state index contributed by atoms with van der Waals surface area (Å²) in [5, 5.41) is 3.27. The van der Waals surface area contributed by atoms with Gasteiger partial charge in [-0.15, -0.1) is 0 Å². The number of amides is 1. The normalized spacial score (nSPS) is 10.7. The fourth-order valence-electron chi connectivity index (χ4n) is 3.14. The summed E-state index contributed by atoms with van der Waals surface area (Å²) in [6, 6.07) is 22.0. The second-order valence-electron chi connectivity index (χ2n) is 6.53. The van der Waals surface area contributed by atoms with Crippen LogP contribution in [-0.4, -0.2) is 29.2 Å². The molecule has 0 saturated carbocycles. The number of benzene rings is 3. The van der Waals surface area contributed by atoms with E-state index in [-0.39, 0.29) is 5.91 Å². The highest BCUT2D eigenvalue weighted by atomic mass is 35.5. The van der Waals surface area contributed by atoms with Crippen molar-refractivity contribution in [3.63, 3.8) is 0 Å². The molecule has 4 rings (SSSR count). The molecule has 1 aromatic heterocycles. The van der Waals surface area contributed by atoms with Gasteiger partial charge in [-0.1, -0.05) is 35.9 Å². The number of halogens is 1. The zero-order valence-electron chi connectivity index (χ0n) is 16.3. The zero-order valence-corrected chi connectivity index (χ0v) is 17.1. The van der Waals surface area contributed by atoms with Crippen LogP contribution in [0, 0.1) is 0 Å². The van der Waals surface area contributed by atoms with Crippen LogP contribution in [0.1, 0.15) is 10.4 Å². The van der Waals surface area contributed by atoms with E-state index in [0.29, 0.717) is 29.7 Å². The first-order valence-corrected chi connectivity index (χ1v) is 9.81. The molecule has 1 heterocycles. The van der Waals surface area contributed by atoms with E-state index >= 15 is 0 Å². The molecule has 7 heteroatoms. The molecule has 0 unspecified atom stereocenters. The summed E-state index contributed by atoms with van der Waals surface area (Å²) in [7, 11) is 1.62. The van der Waals surface area contributed by atoms with Crippen molar-refractivity contribution < 1.29 is 14.3 Å². The first kappa shape index (κ1) is 19.8. The Kier molecular flexibility index (Phi) is 5.86. The van der Waals surface area contributed by atoms with E-state index in [1.165, 1.54) is 0 Å². The summed E-state index contributed by atoms with van der Waals surface area (Å²) in [6.45, 7) is 0.909. The number of hydrogen-bond donors (Lipinski definition) is 1. The van der Waals surface area contributed by atoms with Crippen molar-refractivity contribution in [3.8, 4) is 11.5 Å². The van der Waals surface area contributed by atoms with Crippen LogP contribution in [-0.2, 0) is 6.54 Å². The van der Waals surface area contributed by atoms with E-state index < -0.39 is 0 Å². The highest BCUT2D eigenvalue weighted by Crippen LogP contribution is 2.22. The summed E-state index contributed by atoms with van der Waals surface area (Å²) in [5.74, 6) is 1.64. The van der Waals surface area contributed by atoms with Gasteiger partial charge in [0.15, 0.2) is 0 Å². The third-order valence-corrected chi connectivity index (χ3v) is 4.97. The third kappa shape index (κ3) is 4.23. The highest BCUT2D eigenvalue weighted by Gasteiger charge is 2.16. The van der Waals surface area contributed by atoms with Crippen LogP contribution in [0.15, 0.2) is 72.8 Å². The largest absolute Gasteiger partial charge is 0.497 e. The lowest BCUT2D eigenvalue weighted by atomic mass is 10.2. The molecule has 0 radical (unpaired) electrons. The van der Waals surface area contributed by atoms with Crippen LogP contribution in [0.25, 0.3) is 11.0 Å². The lowest BCUT2D eigenvalue weighted by Gasteiger charge is -2.12. The fraction of sp³-hybridized carbons (Fsp3) is 0.130. The Labute approximate surface area is 179 Å². The number of ether oxygens (including phenoxy) is 2. The van der Waals surface area contributed by atoms with Gasteiger partial charge < -0.3 is 14.0 Å². The maximum absolute atomic E-state index is 12.7. The Morgan fingerprint density at radius 3 is 2.47 bits per heavy atom. The van der Waals surface area contributed by atoms with E-state index in [1.807, 2.05) is 53.1 Å². The van der Waals surface area contributed by atoms with Gasteiger partial charge in [-0.2, -0.15) is 0 Å². The van der Waals surface area contributed by atoms with Crippen LogP contribution in [0.3, 0.4) is 0 Å². The number of methoxy groups -OCH3 is 1. The Balaban J connectivity index is 1.54. The van der Waals surface area contributed by atoms with Gasteiger partial charge >= 0.3 is 0 Å². The molecule has 1 N–H and O–H groups in total. The second-order valence-corrected chi connectivity index (χ2v) is 6.94. The van der Waals surface area contributed by atoms with Crippen LogP contribution in [0.4, 0.5) is 5.95 Å². The minimum Gasteiger partial charge on any atom is -0.497 e. The first-order chi connectivity index (χ1) is 14.7. The van der Waals surface area contributed by atoms with Crippen molar-refractivity contribution in [2.45, 2.75) is 6.54 Å². The second kappa shape index (κ2) is 8.88. The SMILES string of the molecule is COc1ccc(OCCn2c(NC(=O)c3ccccc3Cl)nc3ccccc32)cc1. The molecule has 0 atom stereocenters. The Morgan fingerprint density at radius 2 is 1.70 bits per heavy atom. The van der Waals surface area contributed by atoms with Crippen LogP contribution in [0.2, 0.25) is 5.02 Å². The number of imidazole rings is 1. The molecule has 0 aliphatic heterocycles. The molecule has 152 valence electrons. The number of para-hydroxylation sites is 2. The molecule has 0 bridgehead atoms. The summed E-state index contributed by atoms with van der Waals surface area (Å²) in [5.41, 5.74) is 2.09. The van der Waals surface area contributed by atoms with Crippen molar-refractivity contribution in [2.24, 2.45) is 0 Å². The number of carbonyl (C=O) groups is 1. The van der Waals surface area contributed by atoms with Crippen molar-refractivity contribution in [3.05, 3.63) is 83.4 Å². The number of nitrogens with zero attached hydrogens (tertiary/aromatic N) is 2. The predicted molar refractivity (Wildman–Crippen MR) is 118 cm³/mol. The summed E-state index contributed by atoms with van der Waals surface area (Å²) in [6.07, 6.45) is 0.